The van der Waals surface area contributed by atoms with E-state index >= 15 is 0 Å². The van der Waals surface area contributed by atoms with Crippen molar-refractivity contribution in [3.8, 4) is 16.9 Å². The maximum absolute atomic E-state index is 12.5. The normalized spacial score (nSPS) is 10.3. The van der Waals surface area contributed by atoms with Gasteiger partial charge in [0, 0.05) is 11.6 Å². The van der Waals surface area contributed by atoms with Gasteiger partial charge in [-0.2, -0.15) is 0 Å². The van der Waals surface area contributed by atoms with Crippen LogP contribution in [0.5, 0.6) is 5.75 Å². The van der Waals surface area contributed by atoms with Crippen molar-refractivity contribution >= 4 is 34.6 Å². The van der Waals surface area contributed by atoms with E-state index in [0.717, 1.165) is 16.7 Å². The minimum absolute atomic E-state index is 0.129. The maximum Gasteiger partial charge on any atom is 0.349 e. The molecule has 3 aromatic rings. The van der Waals surface area contributed by atoms with E-state index in [1.54, 1.807) is 5.38 Å². The average Bonchev–Trinajstić information content (AvgIpc) is 3.22. The molecule has 0 spiro atoms. The summed E-state index contributed by atoms with van der Waals surface area (Å²) in [7, 11) is 1.33. The molecule has 1 amide bonds. The van der Waals surface area contributed by atoms with E-state index in [9.17, 15) is 19.7 Å². The van der Waals surface area contributed by atoms with Crippen molar-refractivity contribution in [2.75, 3.05) is 19.0 Å². The number of nitro benzene ring substituents is 1. The van der Waals surface area contributed by atoms with Crippen LogP contribution in [-0.2, 0) is 9.53 Å². The molecule has 1 heterocycles. The summed E-state index contributed by atoms with van der Waals surface area (Å²) < 4.78 is 10.2. The van der Waals surface area contributed by atoms with Crippen LogP contribution < -0.4 is 10.1 Å². The largest absolute Gasteiger partial charge is 0.494 e. The van der Waals surface area contributed by atoms with Gasteiger partial charge < -0.3 is 14.8 Å². The van der Waals surface area contributed by atoms with E-state index in [-0.39, 0.29) is 17.1 Å². The molecular formula is C21H18N2O6S. The molecule has 1 N–H and O–H groups in total. The summed E-state index contributed by atoms with van der Waals surface area (Å²) in [5.74, 6) is -1.07. The second kappa shape index (κ2) is 9.19. The van der Waals surface area contributed by atoms with Gasteiger partial charge in [-0.05, 0) is 30.0 Å². The van der Waals surface area contributed by atoms with Gasteiger partial charge in [0.2, 0.25) is 0 Å². The second-order valence-electron chi connectivity index (χ2n) is 6.30. The Balaban J connectivity index is 1.65. The third-order valence-corrected chi connectivity index (χ3v) is 5.11. The lowest BCUT2D eigenvalue weighted by atomic mass is 10.1. The first kappa shape index (κ1) is 21.0. The summed E-state index contributed by atoms with van der Waals surface area (Å²) in [5.41, 5.74) is 2.80. The molecule has 0 saturated carbocycles. The molecule has 0 saturated heterocycles. The summed E-state index contributed by atoms with van der Waals surface area (Å²) >= 11 is 1.23. The van der Waals surface area contributed by atoms with Crippen LogP contribution in [0.1, 0.15) is 15.2 Å². The van der Waals surface area contributed by atoms with E-state index in [4.69, 9.17) is 9.47 Å². The number of nitrogens with zero attached hydrogens (tertiary/aromatic N) is 1. The van der Waals surface area contributed by atoms with E-state index in [1.165, 1.54) is 36.6 Å². The molecule has 0 unspecified atom stereocenters. The Kier molecular flexibility index (Phi) is 6.43. The van der Waals surface area contributed by atoms with Crippen molar-refractivity contribution in [2.24, 2.45) is 0 Å². The summed E-state index contributed by atoms with van der Waals surface area (Å²) in [4.78, 5) is 35.3. The molecule has 0 aliphatic carbocycles. The molecular weight excluding hydrogens is 408 g/mol. The molecule has 0 atom stereocenters. The van der Waals surface area contributed by atoms with Crippen molar-refractivity contribution in [3.63, 3.8) is 0 Å². The van der Waals surface area contributed by atoms with Gasteiger partial charge >= 0.3 is 5.97 Å². The summed E-state index contributed by atoms with van der Waals surface area (Å²) in [6.45, 7) is 1.47. The highest BCUT2D eigenvalue weighted by Gasteiger charge is 2.18. The van der Waals surface area contributed by atoms with Gasteiger partial charge in [-0.15, -0.1) is 11.3 Å². The minimum Gasteiger partial charge on any atom is -0.494 e. The topological polar surface area (TPSA) is 108 Å². The third kappa shape index (κ3) is 4.81. The molecule has 0 radical (unpaired) electrons. The number of hydrogen-bond donors (Lipinski definition) is 1. The zero-order valence-electron chi connectivity index (χ0n) is 16.2. The monoisotopic (exact) mass is 426 g/mol. The molecule has 0 aliphatic heterocycles. The number of carbonyl (C=O) groups is 2. The first-order valence-electron chi connectivity index (χ1n) is 8.83. The molecule has 0 bridgehead atoms. The number of benzene rings is 2. The number of methoxy groups -OCH3 is 1. The van der Waals surface area contributed by atoms with Gasteiger partial charge in [0.1, 0.15) is 10.6 Å². The van der Waals surface area contributed by atoms with E-state index in [1.807, 2.05) is 37.3 Å². The van der Waals surface area contributed by atoms with E-state index < -0.39 is 23.4 Å². The number of hydrogen-bond acceptors (Lipinski definition) is 7. The van der Waals surface area contributed by atoms with Crippen LogP contribution in [0.15, 0.2) is 53.9 Å². The van der Waals surface area contributed by atoms with Gasteiger partial charge in [-0.3, -0.25) is 14.9 Å². The number of amides is 1. The first-order chi connectivity index (χ1) is 14.4. The Morgan fingerprint density at radius 2 is 1.87 bits per heavy atom. The van der Waals surface area contributed by atoms with Gasteiger partial charge in [-0.25, -0.2) is 4.79 Å². The molecule has 8 nitrogen and oxygen atoms in total. The summed E-state index contributed by atoms with van der Waals surface area (Å²) in [6, 6.07) is 13.4. The van der Waals surface area contributed by atoms with Crippen molar-refractivity contribution in [1.29, 1.82) is 0 Å². The fourth-order valence-electron chi connectivity index (χ4n) is 2.71. The fraction of sp³-hybridized carbons (Fsp3) is 0.143. The number of rotatable bonds is 7. The lowest BCUT2D eigenvalue weighted by Crippen LogP contribution is -2.21. The Labute approximate surface area is 176 Å². The van der Waals surface area contributed by atoms with Gasteiger partial charge in [0.15, 0.2) is 6.61 Å². The van der Waals surface area contributed by atoms with Crippen LogP contribution in [-0.4, -0.2) is 30.5 Å². The highest BCUT2D eigenvalue weighted by Crippen LogP contribution is 2.30. The zero-order valence-corrected chi connectivity index (χ0v) is 17.0. The minimum atomic E-state index is -0.605. The third-order valence-electron chi connectivity index (χ3n) is 4.22. The van der Waals surface area contributed by atoms with E-state index in [0.29, 0.717) is 4.88 Å². The molecule has 0 aliphatic rings. The summed E-state index contributed by atoms with van der Waals surface area (Å²) in [5, 5.41) is 15.2. The van der Waals surface area contributed by atoms with Gasteiger partial charge in [0.05, 0.1) is 23.8 Å². The highest BCUT2D eigenvalue weighted by atomic mass is 32.1. The predicted molar refractivity (Wildman–Crippen MR) is 113 cm³/mol. The molecule has 9 heteroatoms. The Bertz CT molecular complexity index is 1090. The van der Waals surface area contributed by atoms with Crippen LogP contribution in [0.2, 0.25) is 0 Å². The van der Waals surface area contributed by atoms with Crippen molar-refractivity contribution in [1.82, 2.24) is 0 Å². The summed E-state index contributed by atoms with van der Waals surface area (Å²) in [6.07, 6.45) is 0. The number of non-ortho nitro benzene ring substituents is 1. The quantitative estimate of drug-likeness (QED) is 0.340. The number of thiophene rings is 1. The Morgan fingerprint density at radius 3 is 2.53 bits per heavy atom. The molecule has 3 rings (SSSR count). The molecule has 2 aromatic carbocycles. The molecule has 0 fully saturated rings. The van der Waals surface area contributed by atoms with Crippen LogP contribution in [0.4, 0.5) is 11.4 Å². The Hall–Kier alpha value is -3.72. The number of ether oxygens (including phenoxy) is 2. The first-order valence-corrected chi connectivity index (χ1v) is 9.71. The maximum atomic E-state index is 12.5. The smallest absolute Gasteiger partial charge is 0.349 e. The number of nitro groups is 1. The lowest BCUT2D eigenvalue weighted by Gasteiger charge is -2.10. The van der Waals surface area contributed by atoms with Crippen LogP contribution in [0.3, 0.4) is 0 Å². The molecule has 154 valence electrons. The molecule has 30 heavy (non-hydrogen) atoms. The van der Waals surface area contributed by atoms with Crippen molar-refractivity contribution in [3.05, 3.63) is 74.5 Å². The zero-order chi connectivity index (χ0) is 21.7. The van der Waals surface area contributed by atoms with E-state index in [2.05, 4.69) is 5.32 Å². The molecule has 1 aromatic heterocycles. The number of anilines is 1. The number of aryl methyl sites for hydroxylation is 1. The number of carbonyl (C=O) groups excluding carboxylic acids is 2. The fourth-order valence-corrected chi connectivity index (χ4v) is 3.52. The van der Waals surface area contributed by atoms with Gasteiger partial charge in [-0.1, -0.05) is 29.8 Å². The standard InChI is InChI=1S/C21H18N2O6S/c1-13-3-5-14(6-4-13)16-9-10-30-20(16)21(25)29-12-19(24)22-17-8-7-15(23(26)27)11-18(17)28-2/h3-11H,12H2,1-2H3,(H,22,24). The average molecular weight is 426 g/mol. The highest BCUT2D eigenvalue weighted by molar-refractivity contribution is 7.12. The van der Waals surface area contributed by atoms with Gasteiger partial charge in [0.25, 0.3) is 11.6 Å². The number of esters is 1. The van der Waals surface area contributed by atoms with Crippen LogP contribution in [0, 0.1) is 17.0 Å². The Morgan fingerprint density at radius 1 is 1.13 bits per heavy atom. The van der Waals surface area contributed by atoms with Crippen molar-refractivity contribution in [2.45, 2.75) is 6.92 Å². The predicted octanol–water partition coefficient (Wildman–Crippen LogP) is 4.44. The second-order valence-corrected chi connectivity index (χ2v) is 7.21. The van der Waals surface area contributed by atoms with Crippen LogP contribution in [0.25, 0.3) is 11.1 Å². The SMILES string of the molecule is COc1cc([N+](=O)[O-])ccc1NC(=O)COC(=O)c1sccc1-c1ccc(C)cc1. The lowest BCUT2D eigenvalue weighted by molar-refractivity contribution is -0.384. The van der Waals surface area contributed by atoms with Crippen LogP contribution >= 0.6 is 11.3 Å². The van der Waals surface area contributed by atoms with Crippen molar-refractivity contribution < 1.29 is 24.0 Å². The number of nitrogens with one attached hydrogen (secondary N) is 1.